The van der Waals surface area contributed by atoms with Crippen molar-refractivity contribution in [2.45, 2.75) is 78.2 Å². The van der Waals surface area contributed by atoms with Gasteiger partial charge >= 0.3 is 41.8 Å². The van der Waals surface area contributed by atoms with Gasteiger partial charge in [-0.3, -0.25) is 28.8 Å². The van der Waals surface area contributed by atoms with E-state index in [1.807, 2.05) is 0 Å². The molecule has 0 N–H and O–H groups in total. The second kappa shape index (κ2) is 12.5. The topological polar surface area (TPSA) is 184 Å². The van der Waals surface area contributed by atoms with E-state index in [2.05, 4.69) is 0 Å². The van der Waals surface area contributed by atoms with E-state index in [0.29, 0.717) is 0 Å². The van der Waals surface area contributed by atoms with Crippen molar-refractivity contribution < 1.29 is 66.7 Å². The predicted octanol–water partition coefficient (Wildman–Crippen LogP) is -0.867. The number of esters is 7. The van der Waals surface area contributed by atoms with Crippen molar-refractivity contribution in [2.75, 3.05) is 6.61 Å². The molecule has 0 spiro atoms. The van der Waals surface area contributed by atoms with Crippen LogP contribution in [0, 0.1) is 0 Å². The Morgan fingerprint density at radius 3 is 1.71 bits per heavy atom. The summed E-state index contributed by atoms with van der Waals surface area (Å²) in [5.41, 5.74) is 0. The van der Waals surface area contributed by atoms with E-state index in [9.17, 15) is 33.6 Å². The Bertz CT molecular complexity index is 833. The number of hydrogen-bond donors (Lipinski definition) is 0. The van der Waals surface area contributed by atoms with Gasteiger partial charge in [0.15, 0.2) is 30.5 Å². The molecule has 0 aromatic heterocycles. The number of carbonyl (C=O) groups excluding carboxylic acids is 7. The first kappa shape index (κ1) is 28.3. The molecule has 14 nitrogen and oxygen atoms in total. The molecule has 6 atom stereocenters. The van der Waals surface area contributed by atoms with Crippen molar-refractivity contribution in [2.24, 2.45) is 0 Å². The Balaban J connectivity index is 3.55. The summed E-state index contributed by atoms with van der Waals surface area (Å²) in [6.45, 7) is 5.39. The van der Waals surface area contributed by atoms with Crippen LogP contribution in [-0.2, 0) is 66.7 Å². The second-order valence-electron chi connectivity index (χ2n) is 7.10. The van der Waals surface area contributed by atoms with Gasteiger partial charge in [-0.1, -0.05) is 0 Å². The minimum absolute atomic E-state index is 0.642. The van der Waals surface area contributed by atoms with Crippen molar-refractivity contribution >= 4 is 41.8 Å². The molecular formula is C20H26O14. The Morgan fingerprint density at radius 2 is 1.26 bits per heavy atom. The monoisotopic (exact) mass is 490 g/mol. The molecule has 0 aromatic carbocycles. The zero-order chi connectivity index (χ0) is 26.2. The Kier molecular flexibility index (Phi) is 10.4. The van der Waals surface area contributed by atoms with Crippen molar-refractivity contribution in [3.05, 3.63) is 0 Å². The molecular weight excluding hydrogens is 464 g/mol. The molecule has 0 amide bonds. The third kappa shape index (κ3) is 8.67. The fourth-order valence-corrected chi connectivity index (χ4v) is 3.11. The Morgan fingerprint density at radius 1 is 0.735 bits per heavy atom. The molecule has 14 heteroatoms. The van der Waals surface area contributed by atoms with Gasteiger partial charge in [-0.15, -0.1) is 0 Å². The molecule has 0 bridgehead atoms. The van der Waals surface area contributed by atoms with Gasteiger partial charge in [0.25, 0.3) is 0 Å². The SMILES string of the molecule is CC(=O)OCC(OC(C)=O)C(OC(C)=O)C(OC(C)=O)C1OC(=O)C(OC(C)=O)C1OC(C)=O. The highest BCUT2D eigenvalue weighted by atomic mass is 16.7. The summed E-state index contributed by atoms with van der Waals surface area (Å²) in [4.78, 5) is 82.3. The van der Waals surface area contributed by atoms with Crippen molar-refractivity contribution in [3.8, 4) is 0 Å². The zero-order valence-corrected chi connectivity index (χ0v) is 19.4. The van der Waals surface area contributed by atoms with Gasteiger partial charge < -0.3 is 33.2 Å². The van der Waals surface area contributed by atoms with E-state index in [1.54, 1.807) is 0 Å². The van der Waals surface area contributed by atoms with Crippen LogP contribution in [0.2, 0.25) is 0 Å². The van der Waals surface area contributed by atoms with Crippen LogP contribution < -0.4 is 0 Å². The molecule has 0 aromatic rings. The molecule has 0 aliphatic carbocycles. The van der Waals surface area contributed by atoms with Crippen LogP contribution in [-0.4, -0.2) is 85.0 Å². The zero-order valence-electron chi connectivity index (χ0n) is 19.4. The highest BCUT2D eigenvalue weighted by molar-refractivity contribution is 5.82. The number of ether oxygens (including phenoxy) is 7. The van der Waals surface area contributed by atoms with Gasteiger partial charge in [0.2, 0.25) is 6.10 Å². The summed E-state index contributed by atoms with van der Waals surface area (Å²) >= 11 is 0. The molecule has 34 heavy (non-hydrogen) atoms. The van der Waals surface area contributed by atoms with Gasteiger partial charge in [0.05, 0.1) is 0 Å². The van der Waals surface area contributed by atoms with Crippen molar-refractivity contribution in [1.29, 1.82) is 0 Å². The fourth-order valence-electron chi connectivity index (χ4n) is 3.11. The number of carbonyl (C=O) groups is 7. The standard InChI is InChI=1S/C20H26O14/c1-8(21)28-7-14(29-9(2)22)15(30-10(3)23)16(31-11(4)24)17-18(32-12(5)25)19(20(27)34-17)33-13(6)26/h14-19H,7H2,1-6H3. The molecule has 1 saturated heterocycles. The quantitative estimate of drug-likeness (QED) is 0.272. The summed E-state index contributed by atoms with van der Waals surface area (Å²) in [5.74, 6) is -6.51. The lowest BCUT2D eigenvalue weighted by molar-refractivity contribution is -0.205. The van der Waals surface area contributed by atoms with Gasteiger partial charge in [0.1, 0.15) is 6.61 Å². The molecule has 1 heterocycles. The van der Waals surface area contributed by atoms with Crippen LogP contribution in [0.3, 0.4) is 0 Å². The van der Waals surface area contributed by atoms with Gasteiger partial charge in [-0.25, -0.2) is 4.79 Å². The summed E-state index contributed by atoms with van der Waals surface area (Å²) in [5, 5.41) is 0. The molecule has 0 radical (unpaired) electrons. The van der Waals surface area contributed by atoms with E-state index < -0.39 is 85.0 Å². The van der Waals surface area contributed by atoms with Crippen LogP contribution in [0.15, 0.2) is 0 Å². The first-order valence-corrected chi connectivity index (χ1v) is 9.92. The normalized spacial score (nSPS) is 21.7. The van der Waals surface area contributed by atoms with E-state index in [4.69, 9.17) is 33.2 Å². The first-order valence-electron chi connectivity index (χ1n) is 9.92. The van der Waals surface area contributed by atoms with Gasteiger partial charge in [-0.2, -0.15) is 0 Å². The summed E-state index contributed by atoms with van der Waals surface area (Å²) < 4.78 is 35.6. The average molecular weight is 490 g/mol. The Labute approximate surface area is 194 Å². The number of hydrogen-bond acceptors (Lipinski definition) is 14. The summed E-state index contributed by atoms with van der Waals surface area (Å²) in [6, 6.07) is 0. The minimum atomic E-state index is -1.75. The van der Waals surface area contributed by atoms with Gasteiger partial charge in [0, 0.05) is 41.5 Å². The largest absolute Gasteiger partial charge is 0.462 e. The lowest BCUT2D eigenvalue weighted by Gasteiger charge is -2.35. The van der Waals surface area contributed by atoms with Crippen molar-refractivity contribution in [1.82, 2.24) is 0 Å². The van der Waals surface area contributed by atoms with E-state index in [-0.39, 0.29) is 0 Å². The Hall–Kier alpha value is -3.71. The maximum absolute atomic E-state index is 12.4. The smallest absolute Gasteiger partial charge is 0.352 e. The molecule has 1 aliphatic rings. The van der Waals surface area contributed by atoms with E-state index in [1.165, 1.54) is 0 Å². The summed E-state index contributed by atoms with van der Waals surface area (Å²) in [7, 11) is 0. The predicted molar refractivity (Wildman–Crippen MR) is 104 cm³/mol. The number of rotatable bonds is 10. The third-order valence-electron chi connectivity index (χ3n) is 4.09. The van der Waals surface area contributed by atoms with Crippen LogP contribution in [0.5, 0.6) is 0 Å². The highest BCUT2D eigenvalue weighted by Gasteiger charge is 2.57. The van der Waals surface area contributed by atoms with Gasteiger partial charge in [-0.05, 0) is 0 Å². The third-order valence-corrected chi connectivity index (χ3v) is 4.09. The lowest BCUT2D eigenvalue weighted by atomic mass is 9.97. The minimum Gasteiger partial charge on any atom is -0.462 e. The molecule has 1 aliphatic heterocycles. The van der Waals surface area contributed by atoms with Crippen LogP contribution in [0.25, 0.3) is 0 Å². The molecule has 190 valence electrons. The van der Waals surface area contributed by atoms with Crippen LogP contribution >= 0.6 is 0 Å². The lowest BCUT2D eigenvalue weighted by Crippen LogP contribution is -2.55. The maximum atomic E-state index is 12.4. The highest BCUT2D eigenvalue weighted by Crippen LogP contribution is 2.30. The van der Waals surface area contributed by atoms with Crippen molar-refractivity contribution in [3.63, 3.8) is 0 Å². The van der Waals surface area contributed by atoms with E-state index in [0.717, 1.165) is 41.5 Å². The molecule has 6 unspecified atom stereocenters. The maximum Gasteiger partial charge on any atom is 0.352 e. The van der Waals surface area contributed by atoms with Crippen LogP contribution in [0.1, 0.15) is 41.5 Å². The second-order valence-corrected chi connectivity index (χ2v) is 7.10. The summed E-state index contributed by atoms with van der Waals surface area (Å²) in [6.07, 6.45) is -10.1. The molecule has 0 saturated carbocycles. The number of cyclic esters (lactones) is 1. The average Bonchev–Trinajstić information content (AvgIpc) is 2.95. The molecule has 1 fully saturated rings. The van der Waals surface area contributed by atoms with Crippen LogP contribution in [0.4, 0.5) is 0 Å². The molecule has 1 rings (SSSR count). The fraction of sp³-hybridized carbons (Fsp3) is 0.650. The first-order chi connectivity index (χ1) is 15.7. The van der Waals surface area contributed by atoms with E-state index >= 15 is 0 Å².